The Balaban J connectivity index is 0. The highest BCUT2D eigenvalue weighted by Crippen LogP contribution is 1.95. The van der Waals surface area contributed by atoms with Crippen molar-refractivity contribution in [3.63, 3.8) is 0 Å². The minimum absolute atomic E-state index is 0.396. The van der Waals surface area contributed by atoms with Crippen molar-refractivity contribution < 1.29 is 9.63 Å². The van der Waals surface area contributed by atoms with E-state index in [1.165, 1.54) is 6.38 Å². The molecule has 0 bridgehead atoms. The van der Waals surface area contributed by atoms with Gasteiger partial charge in [-0.05, 0) is 6.42 Å². The molecule has 0 aromatic heterocycles. The van der Waals surface area contributed by atoms with Gasteiger partial charge in [0.2, 0.25) is 0 Å². The second-order valence-corrected chi connectivity index (χ2v) is 1.36. The van der Waals surface area contributed by atoms with Gasteiger partial charge < -0.3 is 4.84 Å². The van der Waals surface area contributed by atoms with Crippen LogP contribution in [-0.4, -0.2) is 12.4 Å². The van der Waals surface area contributed by atoms with Gasteiger partial charge in [-0.3, -0.25) is 0 Å². The lowest BCUT2D eigenvalue weighted by atomic mass is 10.2. The number of carbonyl (C=O) groups is 1. The highest BCUT2D eigenvalue weighted by atomic mass is 35.5. The Bertz CT molecular complexity index is 100. The Kier molecular flexibility index (Phi) is 10.3. The molecule has 0 aliphatic rings. The zero-order valence-corrected chi connectivity index (χ0v) is 6.94. The third-order valence-electron chi connectivity index (χ3n) is 0.822. The molecule has 0 aromatic carbocycles. The van der Waals surface area contributed by atoms with Gasteiger partial charge in [0.15, 0.2) is 0 Å². The summed E-state index contributed by atoms with van der Waals surface area (Å²) in [5, 5.41) is 0. The van der Waals surface area contributed by atoms with E-state index in [1.807, 2.05) is 0 Å². The molecule has 0 aliphatic heterocycles. The Labute approximate surface area is 65.8 Å². The monoisotopic (exact) mass is 165 g/mol. The smallest absolute Gasteiger partial charge is 0.351 e. The SMILES string of the molecule is C=C(CC)C(=O)ON.CCl. The van der Waals surface area contributed by atoms with Crippen molar-refractivity contribution in [2.75, 3.05) is 6.38 Å². The zero-order valence-electron chi connectivity index (χ0n) is 6.19. The molecule has 3 nitrogen and oxygen atoms in total. The maximum atomic E-state index is 10.3. The molecule has 0 saturated heterocycles. The molecule has 60 valence electrons. The molecule has 10 heavy (non-hydrogen) atoms. The second kappa shape index (κ2) is 8.46. The molecule has 0 aromatic rings. The largest absolute Gasteiger partial charge is 0.370 e. The van der Waals surface area contributed by atoms with Crippen molar-refractivity contribution in [1.29, 1.82) is 0 Å². The average Bonchev–Trinajstić information content (AvgIpc) is 2.05. The van der Waals surface area contributed by atoms with E-state index >= 15 is 0 Å². The molecule has 0 amide bonds. The van der Waals surface area contributed by atoms with Crippen LogP contribution in [0.1, 0.15) is 13.3 Å². The molecule has 0 unspecified atom stereocenters. The highest BCUT2D eigenvalue weighted by Gasteiger charge is 2.01. The molecule has 0 spiro atoms. The van der Waals surface area contributed by atoms with E-state index in [2.05, 4.69) is 28.9 Å². The standard InChI is InChI=1S/C5H9NO2.CH3Cl/c1-3-4(2)5(7)8-6;1-2/h2-3,6H2,1H3;1H3. The topological polar surface area (TPSA) is 52.3 Å². The first-order valence-corrected chi connectivity index (χ1v) is 3.44. The summed E-state index contributed by atoms with van der Waals surface area (Å²) in [7, 11) is 0. The van der Waals surface area contributed by atoms with Crippen molar-refractivity contribution >= 4 is 17.6 Å². The van der Waals surface area contributed by atoms with E-state index < -0.39 is 5.97 Å². The lowest BCUT2D eigenvalue weighted by molar-refractivity contribution is -0.139. The van der Waals surface area contributed by atoms with Crippen LogP contribution in [0.3, 0.4) is 0 Å². The van der Waals surface area contributed by atoms with Gasteiger partial charge in [0, 0.05) is 12.0 Å². The first kappa shape index (κ1) is 12.2. The molecule has 0 saturated carbocycles. The number of rotatable bonds is 2. The number of halogens is 1. The Morgan fingerprint density at radius 3 is 2.20 bits per heavy atom. The van der Waals surface area contributed by atoms with Crippen LogP contribution in [0.5, 0.6) is 0 Å². The molecule has 0 heterocycles. The molecular weight excluding hydrogens is 154 g/mol. The van der Waals surface area contributed by atoms with Crippen molar-refractivity contribution in [1.82, 2.24) is 0 Å². The minimum Gasteiger partial charge on any atom is -0.370 e. The summed E-state index contributed by atoms with van der Waals surface area (Å²) in [6.07, 6.45) is 2.05. The van der Waals surface area contributed by atoms with E-state index in [4.69, 9.17) is 0 Å². The number of hydrogen-bond donors (Lipinski definition) is 1. The number of hydrogen-bond acceptors (Lipinski definition) is 3. The van der Waals surface area contributed by atoms with Crippen LogP contribution in [0, 0.1) is 0 Å². The van der Waals surface area contributed by atoms with Crippen LogP contribution in [0.4, 0.5) is 0 Å². The molecule has 0 fully saturated rings. The lowest BCUT2D eigenvalue weighted by Gasteiger charge is -1.94. The minimum atomic E-state index is -0.535. The van der Waals surface area contributed by atoms with Crippen LogP contribution >= 0.6 is 11.6 Å². The highest BCUT2D eigenvalue weighted by molar-refractivity contribution is 6.15. The molecule has 4 heteroatoms. The molecule has 0 rings (SSSR count). The Morgan fingerprint density at radius 1 is 1.70 bits per heavy atom. The zero-order chi connectivity index (χ0) is 8.57. The summed E-state index contributed by atoms with van der Waals surface area (Å²) in [5.74, 6) is 4.00. The van der Waals surface area contributed by atoms with Crippen molar-refractivity contribution in [3.8, 4) is 0 Å². The maximum absolute atomic E-state index is 10.3. The molecule has 0 radical (unpaired) electrons. The fourth-order valence-corrected chi connectivity index (χ4v) is 0.228. The van der Waals surface area contributed by atoms with E-state index in [1.54, 1.807) is 6.92 Å². The van der Waals surface area contributed by atoms with Crippen LogP contribution in [0.2, 0.25) is 0 Å². The van der Waals surface area contributed by atoms with Gasteiger partial charge in [-0.2, -0.15) is 5.90 Å². The number of nitrogens with two attached hydrogens (primary N) is 1. The summed E-state index contributed by atoms with van der Waals surface area (Å²) in [6.45, 7) is 5.19. The summed E-state index contributed by atoms with van der Waals surface area (Å²) < 4.78 is 0. The fraction of sp³-hybridized carbons (Fsp3) is 0.500. The fourth-order valence-electron chi connectivity index (χ4n) is 0.228. The van der Waals surface area contributed by atoms with Gasteiger partial charge in [0.1, 0.15) is 0 Å². The van der Waals surface area contributed by atoms with Crippen LogP contribution in [0.25, 0.3) is 0 Å². The van der Waals surface area contributed by atoms with Crippen LogP contribution < -0.4 is 5.90 Å². The van der Waals surface area contributed by atoms with Gasteiger partial charge >= 0.3 is 5.97 Å². The first-order valence-electron chi connectivity index (χ1n) is 2.69. The number of alkyl halides is 1. The quantitative estimate of drug-likeness (QED) is 0.380. The summed E-state index contributed by atoms with van der Waals surface area (Å²) in [4.78, 5) is 14.2. The molecular formula is C6H12ClNO2. The van der Waals surface area contributed by atoms with Crippen LogP contribution in [-0.2, 0) is 9.63 Å². The molecule has 0 atom stereocenters. The predicted octanol–water partition coefficient (Wildman–Crippen LogP) is 1.22. The first-order chi connectivity index (χ1) is 4.72. The van der Waals surface area contributed by atoms with E-state index in [-0.39, 0.29) is 0 Å². The van der Waals surface area contributed by atoms with Gasteiger partial charge in [-0.15, -0.1) is 11.6 Å². The summed E-state index contributed by atoms with van der Waals surface area (Å²) >= 11 is 4.64. The third-order valence-corrected chi connectivity index (χ3v) is 0.822. The lowest BCUT2D eigenvalue weighted by Crippen LogP contribution is -2.10. The predicted molar refractivity (Wildman–Crippen MR) is 41.5 cm³/mol. The van der Waals surface area contributed by atoms with E-state index in [9.17, 15) is 4.79 Å². The Hall–Kier alpha value is -0.540. The van der Waals surface area contributed by atoms with Gasteiger partial charge in [-0.1, -0.05) is 13.5 Å². The van der Waals surface area contributed by atoms with Crippen molar-refractivity contribution in [2.24, 2.45) is 5.90 Å². The number of carbonyl (C=O) groups excluding carboxylic acids is 1. The normalized spacial score (nSPS) is 7.20. The average molecular weight is 166 g/mol. The van der Waals surface area contributed by atoms with Crippen molar-refractivity contribution in [3.05, 3.63) is 12.2 Å². The molecule has 0 aliphatic carbocycles. The van der Waals surface area contributed by atoms with E-state index in [0.29, 0.717) is 12.0 Å². The third kappa shape index (κ3) is 5.59. The molecule has 2 N–H and O–H groups in total. The Morgan fingerprint density at radius 2 is 2.10 bits per heavy atom. The summed E-state index contributed by atoms with van der Waals surface area (Å²) in [6, 6.07) is 0. The maximum Gasteiger partial charge on any atom is 0.351 e. The summed E-state index contributed by atoms with van der Waals surface area (Å²) in [5.41, 5.74) is 0.396. The van der Waals surface area contributed by atoms with Gasteiger partial charge in [0.25, 0.3) is 0 Å². The van der Waals surface area contributed by atoms with Gasteiger partial charge in [-0.25, -0.2) is 4.79 Å². The van der Waals surface area contributed by atoms with Gasteiger partial charge in [0.05, 0.1) is 0 Å². The van der Waals surface area contributed by atoms with Crippen molar-refractivity contribution in [2.45, 2.75) is 13.3 Å². The van der Waals surface area contributed by atoms with E-state index in [0.717, 1.165) is 0 Å². The van der Waals surface area contributed by atoms with Crippen LogP contribution in [0.15, 0.2) is 12.2 Å². The second-order valence-electron chi connectivity index (χ2n) is 1.36.